The first-order valence-electron chi connectivity index (χ1n) is 7.49. The Morgan fingerprint density at radius 1 is 1.05 bits per heavy atom. The van der Waals surface area contributed by atoms with E-state index in [4.69, 9.17) is 4.74 Å². The van der Waals surface area contributed by atoms with E-state index in [1.165, 1.54) is 0 Å². The summed E-state index contributed by atoms with van der Waals surface area (Å²) in [6.07, 6.45) is 2.03. The normalized spacial score (nSPS) is 12.3. The van der Waals surface area contributed by atoms with Crippen LogP contribution >= 0.6 is 0 Å². The Kier molecular flexibility index (Phi) is 7.04. The largest absolute Gasteiger partial charge is 0.464 e. The Balaban J connectivity index is 2.89. The Morgan fingerprint density at radius 3 is 2.30 bits per heavy atom. The van der Waals surface area contributed by atoms with Gasteiger partial charge in [0.2, 0.25) is 11.9 Å². The monoisotopic (exact) mass is 281 g/mol. The zero-order valence-electron chi connectivity index (χ0n) is 13.2. The van der Waals surface area contributed by atoms with Crippen molar-refractivity contribution in [2.75, 3.05) is 23.8 Å². The van der Waals surface area contributed by atoms with Gasteiger partial charge in [-0.15, -0.1) is 0 Å². The minimum absolute atomic E-state index is 0.339. The van der Waals surface area contributed by atoms with Crippen molar-refractivity contribution in [1.29, 1.82) is 0 Å². The van der Waals surface area contributed by atoms with E-state index in [0.29, 0.717) is 36.5 Å². The van der Waals surface area contributed by atoms with Gasteiger partial charge in [-0.25, -0.2) is 0 Å². The predicted octanol–water partition coefficient (Wildman–Crippen LogP) is 2.94. The summed E-state index contributed by atoms with van der Waals surface area (Å²) in [4.78, 5) is 12.9. The first kappa shape index (κ1) is 16.5. The van der Waals surface area contributed by atoms with Crippen molar-refractivity contribution in [2.24, 2.45) is 5.92 Å². The predicted molar refractivity (Wildman–Crippen MR) is 82.3 cm³/mol. The highest BCUT2D eigenvalue weighted by Crippen LogP contribution is 2.15. The number of aromatic nitrogens is 3. The maximum atomic E-state index is 5.40. The molecule has 0 bridgehead atoms. The molecule has 1 aromatic heterocycles. The minimum atomic E-state index is 0.339. The standard InChI is InChI=1S/C14H27N5O/c1-6-9-15-12-17-13(16-11(7-2)10(4)5)19-14(18-12)20-8-3/h10-11H,6-9H2,1-5H3,(H2,15,16,17,18,19). The Hall–Kier alpha value is -1.59. The lowest BCUT2D eigenvalue weighted by Gasteiger charge is -2.21. The third-order valence-corrected chi connectivity index (χ3v) is 2.98. The lowest BCUT2D eigenvalue weighted by molar-refractivity contribution is 0.312. The van der Waals surface area contributed by atoms with Crippen LogP contribution in [0.15, 0.2) is 0 Å². The topological polar surface area (TPSA) is 72.0 Å². The van der Waals surface area contributed by atoms with Crippen molar-refractivity contribution in [3.63, 3.8) is 0 Å². The van der Waals surface area contributed by atoms with Crippen LogP contribution < -0.4 is 15.4 Å². The number of anilines is 2. The molecule has 1 rings (SSSR count). The fourth-order valence-electron chi connectivity index (χ4n) is 1.84. The molecule has 1 aromatic rings. The smallest absolute Gasteiger partial charge is 0.323 e. The molecule has 0 aromatic carbocycles. The minimum Gasteiger partial charge on any atom is -0.464 e. The van der Waals surface area contributed by atoms with E-state index in [9.17, 15) is 0 Å². The summed E-state index contributed by atoms with van der Waals surface area (Å²) in [7, 11) is 0. The molecule has 20 heavy (non-hydrogen) atoms. The molecule has 1 atom stereocenters. The van der Waals surface area contributed by atoms with Gasteiger partial charge in [-0.1, -0.05) is 27.7 Å². The first-order valence-corrected chi connectivity index (χ1v) is 7.49. The van der Waals surface area contributed by atoms with Gasteiger partial charge in [-0.2, -0.15) is 15.0 Å². The van der Waals surface area contributed by atoms with Crippen LogP contribution in [0, 0.1) is 5.92 Å². The fraction of sp³-hybridized carbons (Fsp3) is 0.786. The van der Waals surface area contributed by atoms with Crippen LogP contribution in [-0.4, -0.2) is 34.1 Å². The summed E-state index contributed by atoms with van der Waals surface area (Å²) in [6, 6.07) is 0.702. The zero-order valence-corrected chi connectivity index (χ0v) is 13.2. The molecule has 0 radical (unpaired) electrons. The molecule has 0 aliphatic carbocycles. The van der Waals surface area contributed by atoms with Crippen molar-refractivity contribution in [1.82, 2.24) is 15.0 Å². The second kappa shape index (κ2) is 8.55. The van der Waals surface area contributed by atoms with Gasteiger partial charge in [0.15, 0.2) is 0 Å². The van der Waals surface area contributed by atoms with Crippen molar-refractivity contribution in [3.05, 3.63) is 0 Å². The summed E-state index contributed by atoms with van der Waals surface area (Å²) >= 11 is 0. The van der Waals surface area contributed by atoms with E-state index in [0.717, 1.165) is 19.4 Å². The molecule has 6 nitrogen and oxygen atoms in total. The molecule has 1 unspecified atom stereocenters. The van der Waals surface area contributed by atoms with E-state index in [1.807, 2.05) is 6.92 Å². The molecule has 0 saturated heterocycles. The molecular formula is C14H27N5O. The molecule has 0 aliphatic rings. The zero-order chi connectivity index (χ0) is 15.0. The van der Waals surface area contributed by atoms with Gasteiger partial charge in [0.25, 0.3) is 0 Å². The molecule has 0 fully saturated rings. The molecule has 6 heteroatoms. The SMILES string of the molecule is CCCNc1nc(NC(CC)C(C)C)nc(OCC)n1. The Labute approximate surface area is 121 Å². The van der Waals surface area contributed by atoms with Crippen molar-refractivity contribution < 1.29 is 4.74 Å². The number of ether oxygens (including phenoxy) is 1. The van der Waals surface area contributed by atoms with Crippen molar-refractivity contribution >= 4 is 11.9 Å². The highest BCUT2D eigenvalue weighted by molar-refractivity contribution is 5.36. The molecule has 0 aliphatic heterocycles. The summed E-state index contributed by atoms with van der Waals surface area (Å²) < 4.78 is 5.40. The number of hydrogen-bond donors (Lipinski definition) is 2. The molecule has 0 saturated carbocycles. The number of hydrogen-bond acceptors (Lipinski definition) is 6. The van der Waals surface area contributed by atoms with Crippen molar-refractivity contribution in [2.45, 2.75) is 53.5 Å². The molecule has 1 heterocycles. The van der Waals surface area contributed by atoms with Crippen LogP contribution in [0.4, 0.5) is 11.9 Å². The van der Waals surface area contributed by atoms with Crippen LogP contribution in [0.2, 0.25) is 0 Å². The van der Waals surface area contributed by atoms with Crippen LogP contribution in [0.3, 0.4) is 0 Å². The van der Waals surface area contributed by atoms with Crippen LogP contribution in [0.5, 0.6) is 6.01 Å². The van der Waals surface area contributed by atoms with Crippen LogP contribution in [0.25, 0.3) is 0 Å². The van der Waals surface area contributed by atoms with Crippen LogP contribution in [0.1, 0.15) is 47.5 Å². The highest BCUT2D eigenvalue weighted by Gasteiger charge is 2.14. The van der Waals surface area contributed by atoms with E-state index >= 15 is 0 Å². The van der Waals surface area contributed by atoms with E-state index < -0.39 is 0 Å². The van der Waals surface area contributed by atoms with E-state index in [2.05, 4.69) is 53.3 Å². The van der Waals surface area contributed by atoms with Gasteiger partial charge in [0.05, 0.1) is 6.61 Å². The van der Waals surface area contributed by atoms with Gasteiger partial charge in [-0.05, 0) is 25.7 Å². The maximum Gasteiger partial charge on any atom is 0.323 e. The third-order valence-electron chi connectivity index (χ3n) is 2.98. The Bertz CT molecular complexity index is 397. The van der Waals surface area contributed by atoms with Gasteiger partial charge >= 0.3 is 6.01 Å². The highest BCUT2D eigenvalue weighted by atomic mass is 16.5. The second-order valence-electron chi connectivity index (χ2n) is 5.03. The van der Waals surface area contributed by atoms with Gasteiger partial charge < -0.3 is 15.4 Å². The lowest BCUT2D eigenvalue weighted by atomic mass is 10.0. The van der Waals surface area contributed by atoms with Crippen molar-refractivity contribution in [3.8, 4) is 6.01 Å². The first-order chi connectivity index (χ1) is 9.60. The summed E-state index contributed by atoms with van der Waals surface area (Å²) in [5.74, 6) is 1.65. The molecular weight excluding hydrogens is 254 g/mol. The second-order valence-corrected chi connectivity index (χ2v) is 5.03. The molecule has 0 spiro atoms. The van der Waals surface area contributed by atoms with E-state index in [1.54, 1.807) is 0 Å². The summed E-state index contributed by atoms with van der Waals surface area (Å²) in [5.41, 5.74) is 0. The summed E-state index contributed by atoms with van der Waals surface area (Å²) in [6.45, 7) is 11.9. The molecule has 114 valence electrons. The lowest BCUT2D eigenvalue weighted by Crippen LogP contribution is -2.26. The van der Waals surface area contributed by atoms with Gasteiger partial charge in [0, 0.05) is 12.6 Å². The average molecular weight is 281 g/mol. The van der Waals surface area contributed by atoms with E-state index in [-0.39, 0.29) is 0 Å². The Morgan fingerprint density at radius 2 is 1.75 bits per heavy atom. The maximum absolute atomic E-state index is 5.40. The summed E-state index contributed by atoms with van der Waals surface area (Å²) in [5, 5.41) is 6.53. The van der Waals surface area contributed by atoms with Gasteiger partial charge in [0.1, 0.15) is 0 Å². The molecule has 2 N–H and O–H groups in total. The number of rotatable bonds is 9. The quantitative estimate of drug-likeness (QED) is 0.725. The van der Waals surface area contributed by atoms with Gasteiger partial charge in [-0.3, -0.25) is 0 Å². The number of nitrogens with one attached hydrogen (secondary N) is 2. The number of nitrogens with zero attached hydrogens (tertiary/aromatic N) is 3. The average Bonchev–Trinajstić information content (AvgIpc) is 2.42. The molecule has 0 amide bonds. The van der Waals surface area contributed by atoms with Crippen LogP contribution in [-0.2, 0) is 0 Å². The fourth-order valence-corrected chi connectivity index (χ4v) is 1.84. The third kappa shape index (κ3) is 5.19.